The number of nitrogens with one attached hydrogen (secondary N) is 1. The fourth-order valence-corrected chi connectivity index (χ4v) is 6.53. The molecule has 4 unspecified atom stereocenters. The highest BCUT2D eigenvalue weighted by Crippen LogP contribution is 2.61. The van der Waals surface area contributed by atoms with Crippen molar-refractivity contribution in [3.05, 3.63) is 52.5 Å². The molecular formula is C24H22ClN3O4. The number of hydrogen-bond acceptors (Lipinski definition) is 5. The number of ether oxygens (including phenoxy) is 1. The second kappa shape index (κ2) is 6.56. The maximum Gasteiger partial charge on any atom is 0.250 e. The fraction of sp³-hybridized carbons (Fsp3) is 0.375. The number of methoxy groups -OCH3 is 1. The van der Waals surface area contributed by atoms with E-state index in [0.29, 0.717) is 28.7 Å². The smallest absolute Gasteiger partial charge is 0.250 e. The van der Waals surface area contributed by atoms with Crippen LogP contribution in [0, 0.1) is 18.8 Å². The third-order valence-corrected chi connectivity index (χ3v) is 8.10. The molecule has 8 heteroatoms. The molecule has 1 spiro atoms. The van der Waals surface area contributed by atoms with Gasteiger partial charge in [0.15, 0.2) is 0 Å². The lowest BCUT2D eigenvalue weighted by Crippen LogP contribution is -2.54. The molecule has 0 saturated carbocycles. The van der Waals surface area contributed by atoms with Crippen LogP contribution in [-0.4, -0.2) is 42.3 Å². The Morgan fingerprint density at radius 2 is 1.84 bits per heavy atom. The van der Waals surface area contributed by atoms with Gasteiger partial charge >= 0.3 is 0 Å². The Kier molecular flexibility index (Phi) is 4.05. The lowest BCUT2D eigenvalue weighted by atomic mass is 9.75. The summed E-state index contributed by atoms with van der Waals surface area (Å²) in [6.07, 6.45) is 1.67. The van der Waals surface area contributed by atoms with Gasteiger partial charge in [0.25, 0.3) is 0 Å². The Morgan fingerprint density at radius 1 is 1.09 bits per heavy atom. The van der Waals surface area contributed by atoms with Crippen LogP contribution in [0.3, 0.4) is 0 Å². The Balaban J connectivity index is 1.53. The minimum Gasteiger partial charge on any atom is -0.497 e. The highest BCUT2D eigenvalue weighted by atomic mass is 35.5. The van der Waals surface area contributed by atoms with Gasteiger partial charge in [-0.05, 0) is 62.2 Å². The number of benzene rings is 2. The van der Waals surface area contributed by atoms with E-state index in [0.717, 1.165) is 24.0 Å². The van der Waals surface area contributed by atoms with Crippen LogP contribution in [0.1, 0.15) is 24.0 Å². The molecule has 0 bridgehead atoms. The number of halogens is 1. The number of carbonyl (C=O) groups is 3. The van der Waals surface area contributed by atoms with Gasteiger partial charge in [0.05, 0.1) is 30.3 Å². The topological polar surface area (TPSA) is 79.0 Å². The van der Waals surface area contributed by atoms with Crippen molar-refractivity contribution >= 4 is 40.7 Å². The second-order valence-electron chi connectivity index (χ2n) is 8.93. The molecule has 4 heterocycles. The lowest BCUT2D eigenvalue weighted by molar-refractivity contribution is -0.135. The van der Waals surface area contributed by atoms with Gasteiger partial charge in [-0.15, -0.1) is 0 Å². The second-order valence-corrected chi connectivity index (χ2v) is 9.34. The lowest BCUT2D eigenvalue weighted by Gasteiger charge is -2.36. The van der Waals surface area contributed by atoms with Crippen LogP contribution in [-0.2, 0) is 19.9 Å². The Bertz CT molecular complexity index is 1200. The summed E-state index contributed by atoms with van der Waals surface area (Å²) in [6.45, 7) is 2.54. The van der Waals surface area contributed by atoms with Crippen molar-refractivity contribution in [2.24, 2.45) is 11.8 Å². The molecule has 4 aliphatic rings. The fourth-order valence-electron chi connectivity index (χ4n) is 6.38. The molecule has 6 rings (SSSR count). The van der Waals surface area contributed by atoms with Gasteiger partial charge in [0.1, 0.15) is 11.3 Å². The summed E-state index contributed by atoms with van der Waals surface area (Å²) in [5, 5.41) is 3.56. The van der Waals surface area contributed by atoms with E-state index < -0.39 is 17.4 Å². The molecule has 3 amide bonds. The van der Waals surface area contributed by atoms with Crippen LogP contribution in [0.4, 0.5) is 11.4 Å². The van der Waals surface area contributed by atoms with Gasteiger partial charge in [-0.2, -0.15) is 0 Å². The van der Waals surface area contributed by atoms with Crippen LogP contribution < -0.4 is 15.0 Å². The van der Waals surface area contributed by atoms with Crippen molar-refractivity contribution in [1.29, 1.82) is 0 Å². The molecule has 3 fully saturated rings. The number of nitrogens with zero attached hydrogens (tertiary/aromatic N) is 2. The van der Waals surface area contributed by atoms with Crippen molar-refractivity contribution in [2.75, 3.05) is 23.9 Å². The zero-order chi connectivity index (χ0) is 22.4. The zero-order valence-electron chi connectivity index (χ0n) is 17.7. The largest absolute Gasteiger partial charge is 0.497 e. The summed E-state index contributed by atoms with van der Waals surface area (Å²) >= 11 is 6.33. The van der Waals surface area contributed by atoms with Crippen molar-refractivity contribution in [3.8, 4) is 5.75 Å². The zero-order valence-corrected chi connectivity index (χ0v) is 18.5. The monoisotopic (exact) mass is 451 g/mol. The maximum atomic E-state index is 13.9. The van der Waals surface area contributed by atoms with Crippen molar-refractivity contribution in [2.45, 2.75) is 31.3 Å². The highest BCUT2D eigenvalue weighted by molar-refractivity contribution is 6.32. The number of fused-ring (bicyclic) bond motifs is 7. The first-order chi connectivity index (χ1) is 15.4. The van der Waals surface area contributed by atoms with Crippen molar-refractivity contribution in [3.63, 3.8) is 0 Å². The molecule has 164 valence electrons. The minimum absolute atomic E-state index is 0.146. The number of imide groups is 1. The Labute approximate surface area is 190 Å². The standard InChI is InChI=1S/C24H22ClN3O4/c1-12-16(25)10-9-15-20(12)26-23(31)24(15)19-18(17-4-3-11-27(17)24)21(29)28(22(19)30)13-5-7-14(32-2)8-6-13/h5-10,17-19H,3-4,11H2,1-2H3,(H,26,31). The SMILES string of the molecule is COc1ccc(N2C(=O)C3C4CCCN4C4(C(=O)Nc5c4ccc(Cl)c5C)C3C2=O)cc1. The molecule has 4 atom stereocenters. The molecular weight excluding hydrogens is 430 g/mol. The molecule has 3 saturated heterocycles. The van der Waals surface area contributed by atoms with E-state index in [2.05, 4.69) is 10.2 Å². The molecule has 1 N–H and O–H groups in total. The van der Waals surface area contributed by atoms with E-state index in [-0.39, 0.29) is 23.8 Å². The average Bonchev–Trinajstić information content (AvgIpc) is 3.50. The third kappa shape index (κ3) is 2.18. The summed E-state index contributed by atoms with van der Waals surface area (Å²) in [4.78, 5) is 44.6. The molecule has 2 aromatic rings. The molecule has 0 aromatic heterocycles. The summed E-state index contributed by atoms with van der Waals surface area (Å²) in [7, 11) is 1.56. The summed E-state index contributed by atoms with van der Waals surface area (Å²) in [5.74, 6) is -1.48. The number of rotatable bonds is 2. The average molecular weight is 452 g/mol. The predicted molar refractivity (Wildman–Crippen MR) is 119 cm³/mol. The normalized spacial score (nSPS) is 30.7. The van der Waals surface area contributed by atoms with Crippen LogP contribution in [0.5, 0.6) is 5.75 Å². The number of carbonyl (C=O) groups excluding carboxylic acids is 3. The van der Waals surface area contributed by atoms with Crippen molar-refractivity contribution in [1.82, 2.24) is 4.90 Å². The van der Waals surface area contributed by atoms with Gasteiger partial charge in [0, 0.05) is 16.6 Å². The predicted octanol–water partition coefficient (Wildman–Crippen LogP) is 3.09. The van der Waals surface area contributed by atoms with Gasteiger partial charge in [0.2, 0.25) is 17.7 Å². The first kappa shape index (κ1) is 19.8. The van der Waals surface area contributed by atoms with E-state index in [1.807, 2.05) is 13.0 Å². The minimum atomic E-state index is -1.19. The summed E-state index contributed by atoms with van der Waals surface area (Å²) in [5.41, 5.74) is 1.50. The Hall–Kier alpha value is -2.90. The van der Waals surface area contributed by atoms with E-state index >= 15 is 0 Å². The molecule has 7 nitrogen and oxygen atoms in total. The van der Waals surface area contributed by atoms with Crippen LogP contribution in [0.2, 0.25) is 5.02 Å². The van der Waals surface area contributed by atoms with Crippen LogP contribution in [0.25, 0.3) is 0 Å². The third-order valence-electron chi connectivity index (χ3n) is 7.69. The maximum absolute atomic E-state index is 13.9. The number of amides is 3. The number of anilines is 2. The highest BCUT2D eigenvalue weighted by Gasteiger charge is 2.74. The van der Waals surface area contributed by atoms with E-state index in [4.69, 9.17) is 16.3 Å². The quantitative estimate of drug-likeness (QED) is 0.710. The molecule has 0 radical (unpaired) electrons. The summed E-state index contributed by atoms with van der Waals surface area (Å²) in [6, 6.07) is 10.3. The first-order valence-corrected chi connectivity index (χ1v) is 11.2. The molecule has 32 heavy (non-hydrogen) atoms. The van der Waals surface area contributed by atoms with Gasteiger partial charge in [-0.25, -0.2) is 4.90 Å². The van der Waals surface area contributed by atoms with E-state index in [9.17, 15) is 14.4 Å². The van der Waals surface area contributed by atoms with Crippen LogP contribution >= 0.6 is 11.6 Å². The van der Waals surface area contributed by atoms with E-state index in [1.54, 1.807) is 37.4 Å². The molecule has 0 aliphatic carbocycles. The summed E-state index contributed by atoms with van der Waals surface area (Å²) < 4.78 is 5.21. The van der Waals surface area contributed by atoms with Gasteiger partial charge in [-0.3, -0.25) is 19.3 Å². The molecule has 4 aliphatic heterocycles. The molecule has 2 aromatic carbocycles. The van der Waals surface area contributed by atoms with Gasteiger partial charge in [-0.1, -0.05) is 17.7 Å². The first-order valence-electron chi connectivity index (χ1n) is 10.8. The van der Waals surface area contributed by atoms with Crippen molar-refractivity contribution < 1.29 is 19.1 Å². The van der Waals surface area contributed by atoms with Gasteiger partial charge < -0.3 is 10.1 Å². The Morgan fingerprint density at radius 3 is 2.56 bits per heavy atom. The number of hydrogen-bond donors (Lipinski definition) is 1. The van der Waals surface area contributed by atoms with E-state index in [1.165, 1.54) is 4.90 Å². The van der Waals surface area contributed by atoms with Crippen LogP contribution in [0.15, 0.2) is 36.4 Å².